The van der Waals surface area contributed by atoms with Crippen molar-refractivity contribution in [2.24, 2.45) is 28.6 Å². The summed E-state index contributed by atoms with van der Waals surface area (Å²) in [6, 6.07) is 0. The first-order valence-corrected chi connectivity index (χ1v) is 10.1. The van der Waals surface area contributed by atoms with Crippen LogP contribution in [-0.4, -0.2) is 40.7 Å². The molecule has 27 heavy (non-hydrogen) atoms. The second-order valence-corrected chi connectivity index (χ2v) is 9.87. The molecule has 1 aliphatic heterocycles. The molecule has 4 nitrogen and oxygen atoms in total. The monoisotopic (exact) mass is 374 g/mol. The van der Waals surface area contributed by atoms with Crippen LogP contribution >= 0.6 is 0 Å². The summed E-state index contributed by atoms with van der Waals surface area (Å²) in [7, 11) is 0. The second-order valence-electron chi connectivity index (χ2n) is 9.87. The zero-order valence-electron chi connectivity index (χ0n) is 16.1. The molecule has 5 heteroatoms. The number of carbonyl (C=O) groups excluding carboxylic acids is 2. The molecule has 0 aromatic rings. The van der Waals surface area contributed by atoms with Gasteiger partial charge in [-0.3, -0.25) is 9.59 Å². The van der Waals surface area contributed by atoms with Gasteiger partial charge in [-0.1, -0.05) is 25.5 Å². The van der Waals surface area contributed by atoms with E-state index in [1.165, 1.54) is 6.08 Å². The van der Waals surface area contributed by atoms with Crippen molar-refractivity contribution in [3.8, 4) is 0 Å². The average Bonchev–Trinajstić information content (AvgIpc) is 2.93. The third-order valence-corrected chi connectivity index (χ3v) is 8.99. The zero-order valence-corrected chi connectivity index (χ0v) is 16.1. The molecule has 1 saturated heterocycles. The van der Waals surface area contributed by atoms with Crippen molar-refractivity contribution in [1.82, 2.24) is 0 Å². The van der Waals surface area contributed by atoms with E-state index in [4.69, 9.17) is 4.74 Å². The number of aliphatic hydroxyl groups excluding tert-OH is 1. The third-order valence-electron chi connectivity index (χ3n) is 8.99. The van der Waals surface area contributed by atoms with E-state index >= 15 is 4.39 Å². The molecule has 0 aromatic carbocycles. The van der Waals surface area contributed by atoms with Crippen LogP contribution in [0.1, 0.15) is 46.5 Å². The van der Waals surface area contributed by atoms with E-state index in [-0.39, 0.29) is 42.3 Å². The predicted molar refractivity (Wildman–Crippen MR) is 96.6 cm³/mol. The molecule has 1 N–H and O–H groups in total. The van der Waals surface area contributed by atoms with E-state index < -0.39 is 28.2 Å². The van der Waals surface area contributed by atoms with Gasteiger partial charge in [0.25, 0.3) is 0 Å². The van der Waals surface area contributed by atoms with E-state index in [0.29, 0.717) is 12.8 Å². The van der Waals surface area contributed by atoms with Gasteiger partial charge in [-0.15, -0.1) is 0 Å². The summed E-state index contributed by atoms with van der Waals surface area (Å²) >= 11 is 0. The maximum absolute atomic E-state index is 16.9. The second kappa shape index (κ2) is 4.98. The van der Waals surface area contributed by atoms with Gasteiger partial charge >= 0.3 is 0 Å². The van der Waals surface area contributed by atoms with Gasteiger partial charge in [0.05, 0.1) is 6.10 Å². The van der Waals surface area contributed by atoms with Crippen molar-refractivity contribution in [3.63, 3.8) is 0 Å². The van der Waals surface area contributed by atoms with Crippen LogP contribution in [0, 0.1) is 28.6 Å². The fraction of sp³-hybridized carbons (Fsp3) is 0.727. The van der Waals surface area contributed by atoms with Gasteiger partial charge in [-0.2, -0.15) is 0 Å². The molecule has 0 aromatic heterocycles. The van der Waals surface area contributed by atoms with Gasteiger partial charge < -0.3 is 9.84 Å². The van der Waals surface area contributed by atoms with Crippen LogP contribution < -0.4 is 0 Å². The summed E-state index contributed by atoms with van der Waals surface area (Å²) in [4.78, 5) is 24.4. The van der Waals surface area contributed by atoms with Crippen molar-refractivity contribution in [2.45, 2.75) is 63.8 Å². The number of carbonyl (C=O) groups is 2. The smallest absolute Gasteiger partial charge is 0.190 e. The number of rotatable bonds is 0. The molecule has 0 radical (unpaired) electrons. The highest BCUT2D eigenvalue weighted by molar-refractivity contribution is 6.01. The van der Waals surface area contributed by atoms with Crippen molar-refractivity contribution in [3.05, 3.63) is 23.8 Å². The standard InChI is InChI=1S/C22H27FO4/c1-12-8-16-14-5-7-21(18(26)11-27-21)20(14,3)10-17(25)22(16,23)19(2)6-4-13(24)9-15(12)19/h4,6,9,12,14,16-17,25H,5,7-8,10-11H2,1-3H3. The molecular weight excluding hydrogens is 347 g/mol. The first-order valence-electron chi connectivity index (χ1n) is 10.1. The van der Waals surface area contributed by atoms with Gasteiger partial charge in [0.1, 0.15) is 12.2 Å². The maximum atomic E-state index is 16.9. The molecular formula is C22H27FO4. The van der Waals surface area contributed by atoms with Gasteiger partial charge in [-0.05, 0) is 56.6 Å². The highest BCUT2D eigenvalue weighted by Crippen LogP contribution is 2.71. The minimum absolute atomic E-state index is 0.0120. The maximum Gasteiger partial charge on any atom is 0.190 e. The number of ketones is 2. The van der Waals surface area contributed by atoms with Crippen molar-refractivity contribution >= 4 is 11.6 Å². The van der Waals surface area contributed by atoms with Crippen LogP contribution in [0.15, 0.2) is 23.8 Å². The van der Waals surface area contributed by atoms with Crippen molar-refractivity contribution < 1.29 is 23.8 Å². The fourth-order valence-corrected chi connectivity index (χ4v) is 7.59. The van der Waals surface area contributed by atoms with E-state index in [9.17, 15) is 14.7 Å². The van der Waals surface area contributed by atoms with Crippen LogP contribution in [0.2, 0.25) is 0 Å². The van der Waals surface area contributed by atoms with E-state index in [2.05, 4.69) is 0 Å². The van der Waals surface area contributed by atoms with Crippen LogP contribution in [0.25, 0.3) is 0 Å². The summed E-state index contributed by atoms with van der Waals surface area (Å²) in [5.74, 6) is -0.328. The molecule has 0 amide bonds. The molecule has 4 fully saturated rings. The molecule has 3 saturated carbocycles. The summed E-state index contributed by atoms with van der Waals surface area (Å²) < 4.78 is 22.8. The van der Waals surface area contributed by atoms with Gasteiger partial charge in [0.2, 0.25) is 0 Å². The number of ether oxygens (including phenoxy) is 1. The Hall–Kier alpha value is -1.33. The number of aliphatic hydroxyl groups is 1. The molecule has 8 unspecified atom stereocenters. The largest absolute Gasteiger partial charge is 0.390 e. The Balaban J connectivity index is 1.64. The third kappa shape index (κ3) is 1.73. The van der Waals surface area contributed by atoms with Gasteiger partial charge in [0.15, 0.2) is 17.2 Å². The lowest BCUT2D eigenvalue weighted by Crippen LogP contribution is -2.72. The molecule has 8 atom stereocenters. The minimum Gasteiger partial charge on any atom is -0.390 e. The van der Waals surface area contributed by atoms with Crippen LogP contribution in [-0.2, 0) is 14.3 Å². The normalized spacial score (nSPS) is 56.3. The van der Waals surface area contributed by atoms with Crippen LogP contribution in [0.4, 0.5) is 4.39 Å². The fourth-order valence-electron chi connectivity index (χ4n) is 7.59. The molecule has 5 aliphatic rings. The number of fused-ring (bicyclic) bond motifs is 6. The Morgan fingerprint density at radius 3 is 2.63 bits per heavy atom. The highest BCUT2D eigenvalue weighted by Gasteiger charge is 2.76. The van der Waals surface area contributed by atoms with E-state index in [0.717, 1.165) is 12.0 Å². The number of allylic oxidation sites excluding steroid dienone is 4. The Morgan fingerprint density at radius 1 is 1.26 bits per heavy atom. The SMILES string of the molecule is CC1CC2C3CCC4(OCC4=O)C3(C)CC(O)C2(F)C2(C)C=CC(=O)C=C12. The topological polar surface area (TPSA) is 63.6 Å². The Labute approximate surface area is 158 Å². The molecule has 1 heterocycles. The Bertz CT molecular complexity index is 817. The van der Waals surface area contributed by atoms with Gasteiger partial charge in [-0.25, -0.2) is 4.39 Å². The molecule has 5 rings (SSSR count). The summed E-state index contributed by atoms with van der Waals surface area (Å²) in [6.45, 7) is 6.02. The Morgan fingerprint density at radius 2 is 2.00 bits per heavy atom. The van der Waals surface area contributed by atoms with Gasteiger partial charge in [0, 0.05) is 16.7 Å². The lowest BCUT2D eigenvalue weighted by Gasteiger charge is -2.64. The average molecular weight is 374 g/mol. The summed E-state index contributed by atoms with van der Waals surface area (Å²) in [5, 5.41) is 11.2. The number of Topliss-reactive ketones (excluding diaryl/α,β-unsaturated/α-hetero) is 1. The number of alkyl halides is 1. The van der Waals surface area contributed by atoms with E-state index in [1.807, 2.05) is 20.8 Å². The summed E-state index contributed by atoms with van der Waals surface area (Å²) in [5.41, 5.74) is -3.42. The predicted octanol–water partition coefficient (Wildman–Crippen LogP) is 2.94. The van der Waals surface area contributed by atoms with Crippen molar-refractivity contribution in [2.75, 3.05) is 6.61 Å². The van der Waals surface area contributed by atoms with E-state index in [1.54, 1.807) is 12.2 Å². The number of hydrogen-bond acceptors (Lipinski definition) is 4. The molecule has 4 aliphatic carbocycles. The first-order chi connectivity index (χ1) is 12.6. The van der Waals surface area contributed by atoms with Crippen LogP contribution in [0.3, 0.4) is 0 Å². The van der Waals surface area contributed by atoms with Crippen LogP contribution in [0.5, 0.6) is 0 Å². The Kier molecular flexibility index (Phi) is 3.27. The highest BCUT2D eigenvalue weighted by atomic mass is 19.1. The lowest BCUT2D eigenvalue weighted by molar-refractivity contribution is -0.246. The molecule has 1 spiro atoms. The minimum atomic E-state index is -1.84. The molecule has 0 bridgehead atoms. The first kappa shape index (κ1) is 17.7. The molecule has 146 valence electrons. The summed E-state index contributed by atoms with van der Waals surface area (Å²) in [6.07, 6.45) is 5.65. The number of hydrogen-bond donors (Lipinski definition) is 1. The quantitative estimate of drug-likeness (QED) is 0.708. The number of halogens is 1. The van der Waals surface area contributed by atoms with Crippen molar-refractivity contribution in [1.29, 1.82) is 0 Å². The zero-order chi connectivity index (χ0) is 19.4. The lowest BCUT2D eigenvalue weighted by atomic mass is 9.43.